The lowest BCUT2D eigenvalue weighted by atomic mass is 9.96. The van der Waals surface area contributed by atoms with Crippen molar-refractivity contribution in [1.29, 1.82) is 0 Å². The predicted octanol–water partition coefficient (Wildman–Crippen LogP) is 4.45. The number of nitrogens with zero attached hydrogens (tertiary/aromatic N) is 4. The van der Waals surface area contributed by atoms with Crippen molar-refractivity contribution in [1.82, 2.24) is 19.7 Å². The molecule has 2 amide bonds. The molecule has 0 radical (unpaired) electrons. The summed E-state index contributed by atoms with van der Waals surface area (Å²) in [5.41, 5.74) is 1.49. The summed E-state index contributed by atoms with van der Waals surface area (Å²) in [4.78, 5) is 31.9. The highest BCUT2D eigenvalue weighted by Crippen LogP contribution is 2.29. The van der Waals surface area contributed by atoms with Crippen molar-refractivity contribution in [2.45, 2.75) is 25.4 Å². The molecule has 1 saturated heterocycles. The normalized spacial score (nSPS) is 16.8. The highest BCUT2D eigenvalue weighted by molar-refractivity contribution is 5.97. The van der Waals surface area contributed by atoms with E-state index in [0.717, 1.165) is 5.56 Å². The van der Waals surface area contributed by atoms with Crippen LogP contribution in [0.1, 0.15) is 12.0 Å². The summed E-state index contributed by atoms with van der Waals surface area (Å²) in [6.45, 7) is 0.371. The monoisotopic (exact) mass is 517 g/mol. The minimum absolute atomic E-state index is 0.0253. The van der Waals surface area contributed by atoms with Crippen molar-refractivity contribution in [2.75, 3.05) is 11.9 Å². The van der Waals surface area contributed by atoms with Crippen LogP contribution in [0.25, 0.3) is 0 Å². The second kappa shape index (κ2) is 11.2. The van der Waals surface area contributed by atoms with Crippen molar-refractivity contribution >= 4 is 17.5 Å². The summed E-state index contributed by atoms with van der Waals surface area (Å²) in [5, 5.41) is 6.89. The second-order valence-electron chi connectivity index (χ2n) is 9.16. The number of ether oxygens (including phenoxy) is 1. The highest BCUT2D eigenvalue weighted by Gasteiger charge is 2.39. The van der Waals surface area contributed by atoms with Gasteiger partial charge in [0.15, 0.2) is 0 Å². The summed E-state index contributed by atoms with van der Waals surface area (Å²) in [7, 11) is 0. The predicted molar refractivity (Wildman–Crippen MR) is 135 cm³/mol. The van der Waals surface area contributed by atoms with Gasteiger partial charge in [0.2, 0.25) is 11.8 Å². The fourth-order valence-corrected chi connectivity index (χ4v) is 4.56. The molecule has 0 saturated carbocycles. The lowest BCUT2D eigenvalue weighted by Gasteiger charge is -2.24. The summed E-state index contributed by atoms with van der Waals surface area (Å²) in [6.07, 6.45) is 3.89. The topological polar surface area (TPSA) is 89.4 Å². The molecule has 0 aliphatic carbocycles. The smallest absolute Gasteiger partial charge is 0.247 e. The van der Waals surface area contributed by atoms with Crippen LogP contribution in [0.3, 0.4) is 0 Å². The Morgan fingerprint density at radius 3 is 2.18 bits per heavy atom. The highest BCUT2D eigenvalue weighted by atomic mass is 19.1. The maximum atomic E-state index is 13.3. The molecular weight excluding hydrogens is 492 g/mol. The van der Waals surface area contributed by atoms with Gasteiger partial charge >= 0.3 is 0 Å². The lowest BCUT2D eigenvalue weighted by Crippen LogP contribution is -2.44. The molecule has 0 bridgehead atoms. The minimum Gasteiger partial charge on any atom is -0.457 e. The van der Waals surface area contributed by atoms with Crippen molar-refractivity contribution in [3.8, 4) is 11.5 Å². The standard InChI is InChI=1S/C28H25F2N5O3/c29-21-3-1-19(2-4-21)13-20-14-26(35(15-20)27(36)16-34-18-31-17-32-34)28(37)33-23-7-11-25(12-8-23)38-24-9-5-22(30)6-10-24/h1-12,17-18,20,26H,13-16H2,(H,33,37). The number of likely N-dealkylation sites (tertiary alicyclic amines) is 1. The Bertz CT molecular complexity index is 1380. The van der Waals surface area contributed by atoms with Crippen LogP contribution in [0, 0.1) is 17.6 Å². The maximum Gasteiger partial charge on any atom is 0.247 e. The number of aromatic nitrogens is 3. The number of carbonyl (C=O) groups excluding carboxylic acids is 2. The van der Waals surface area contributed by atoms with E-state index >= 15 is 0 Å². The molecule has 2 heterocycles. The number of anilines is 1. The first-order valence-corrected chi connectivity index (χ1v) is 12.1. The van der Waals surface area contributed by atoms with E-state index in [1.807, 2.05) is 0 Å². The van der Waals surface area contributed by atoms with Crippen molar-refractivity contribution in [3.63, 3.8) is 0 Å². The third-order valence-corrected chi connectivity index (χ3v) is 6.38. The molecule has 1 aliphatic rings. The molecule has 5 rings (SSSR count). The molecule has 10 heteroatoms. The Labute approximate surface area is 217 Å². The first kappa shape index (κ1) is 25.1. The maximum absolute atomic E-state index is 13.3. The van der Waals surface area contributed by atoms with Gasteiger partial charge in [0.05, 0.1) is 0 Å². The van der Waals surface area contributed by atoms with Gasteiger partial charge in [-0.2, -0.15) is 5.10 Å². The van der Waals surface area contributed by atoms with E-state index < -0.39 is 6.04 Å². The van der Waals surface area contributed by atoms with E-state index in [1.165, 1.54) is 53.7 Å². The van der Waals surface area contributed by atoms with Crippen LogP contribution in [-0.2, 0) is 22.6 Å². The molecule has 8 nitrogen and oxygen atoms in total. The molecule has 1 N–H and O–H groups in total. The molecule has 0 spiro atoms. The molecule has 194 valence electrons. The lowest BCUT2D eigenvalue weighted by molar-refractivity contribution is -0.137. The van der Waals surface area contributed by atoms with Crippen LogP contribution in [0.4, 0.5) is 14.5 Å². The molecule has 1 fully saturated rings. The summed E-state index contributed by atoms with van der Waals surface area (Å²) in [6, 6.07) is 18.0. The van der Waals surface area contributed by atoms with Gasteiger partial charge in [0, 0.05) is 12.2 Å². The first-order valence-electron chi connectivity index (χ1n) is 12.1. The van der Waals surface area contributed by atoms with Crippen LogP contribution in [0.2, 0.25) is 0 Å². The van der Waals surface area contributed by atoms with E-state index in [1.54, 1.807) is 41.3 Å². The van der Waals surface area contributed by atoms with Gasteiger partial charge in [0.25, 0.3) is 0 Å². The van der Waals surface area contributed by atoms with Crippen molar-refractivity contribution in [3.05, 3.63) is 103 Å². The first-order chi connectivity index (χ1) is 18.4. The average Bonchev–Trinajstić information content (AvgIpc) is 3.58. The van der Waals surface area contributed by atoms with Gasteiger partial charge < -0.3 is 15.0 Å². The molecule has 38 heavy (non-hydrogen) atoms. The van der Waals surface area contributed by atoms with Gasteiger partial charge in [0.1, 0.15) is 48.4 Å². The summed E-state index contributed by atoms with van der Waals surface area (Å²) < 4.78 is 33.6. The number of hydrogen-bond donors (Lipinski definition) is 1. The zero-order valence-corrected chi connectivity index (χ0v) is 20.3. The molecule has 1 aromatic heterocycles. The fraction of sp³-hybridized carbons (Fsp3) is 0.214. The van der Waals surface area contributed by atoms with Gasteiger partial charge in [-0.15, -0.1) is 0 Å². The Morgan fingerprint density at radius 2 is 1.55 bits per heavy atom. The van der Waals surface area contributed by atoms with Gasteiger partial charge in [-0.05, 0) is 85.0 Å². The van der Waals surface area contributed by atoms with E-state index in [2.05, 4.69) is 15.4 Å². The van der Waals surface area contributed by atoms with Crippen LogP contribution in [-0.4, -0.2) is 44.1 Å². The van der Waals surface area contributed by atoms with E-state index in [9.17, 15) is 18.4 Å². The number of amides is 2. The molecule has 2 unspecified atom stereocenters. The average molecular weight is 518 g/mol. The van der Waals surface area contributed by atoms with Crippen LogP contribution in [0.15, 0.2) is 85.5 Å². The fourth-order valence-electron chi connectivity index (χ4n) is 4.56. The van der Waals surface area contributed by atoms with E-state index in [-0.39, 0.29) is 35.9 Å². The molecular formula is C28H25F2N5O3. The number of rotatable bonds is 8. The Balaban J connectivity index is 1.26. The van der Waals surface area contributed by atoms with E-state index in [4.69, 9.17) is 4.74 Å². The van der Waals surface area contributed by atoms with Gasteiger partial charge in [-0.3, -0.25) is 9.59 Å². The zero-order chi connectivity index (χ0) is 26.5. The third kappa shape index (κ3) is 6.20. The SMILES string of the molecule is O=C(Nc1ccc(Oc2ccc(F)cc2)cc1)C1CC(Cc2ccc(F)cc2)CN1C(=O)Cn1cncn1. The summed E-state index contributed by atoms with van der Waals surface area (Å²) >= 11 is 0. The minimum atomic E-state index is -0.674. The Hall–Kier alpha value is -4.60. The Kier molecular flexibility index (Phi) is 7.39. The molecule has 2 atom stereocenters. The number of carbonyl (C=O) groups is 2. The van der Waals surface area contributed by atoms with Crippen LogP contribution in [0.5, 0.6) is 11.5 Å². The number of hydrogen-bond acceptors (Lipinski definition) is 5. The molecule has 3 aromatic carbocycles. The third-order valence-electron chi connectivity index (χ3n) is 6.38. The van der Waals surface area contributed by atoms with Crippen LogP contribution < -0.4 is 10.1 Å². The van der Waals surface area contributed by atoms with Gasteiger partial charge in [-0.1, -0.05) is 12.1 Å². The number of halogens is 2. The van der Waals surface area contributed by atoms with Crippen molar-refractivity contribution < 1.29 is 23.1 Å². The summed E-state index contributed by atoms with van der Waals surface area (Å²) in [5.74, 6) is -0.150. The van der Waals surface area contributed by atoms with Crippen molar-refractivity contribution in [2.24, 2.45) is 5.92 Å². The number of nitrogens with one attached hydrogen (secondary N) is 1. The number of benzene rings is 3. The van der Waals surface area contributed by atoms with Crippen LogP contribution >= 0.6 is 0 Å². The zero-order valence-electron chi connectivity index (χ0n) is 20.3. The van der Waals surface area contributed by atoms with E-state index in [0.29, 0.717) is 36.6 Å². The second-order valence-corrected chi connectivity index (χ2v) is 9.16. The Morgan fingerprint density at radius 1 is 0.921 bits per heavy atom. The largest absolute Gasteiger partial charge is 0.457 e. The molecule has 1 aliphatic heterocycles. The quantitative estimate of drug-likeness (QED) is 0.373. The molecule has 4 aromatic rings. The van der Waals surface area contributed by atoms with Gasteiger partial charge in [-0.25, -0.2) is 18.4 Å².